The Kier molecular flexibility index (Phi) is 7.94. The highest BCUT2D eigenvalue weighted by Crippen LogP contribution is 2.54. The van der Waals surface area contributed by atoms with Crippen molar-refractivity contribution in [1.82, 2.24) is 4.57 Å². The van der Waals surface area contributed by atoms with Crippen molar-refractivity contribution in [2.45, 2.75) is 78.7 Å². The quantitative estimate of drug-likeness (QED) is 0.310. The van der Waals surface area contributed by atoms with Crippen molar-refractivity contribution in [1.29, 1.82) is 0 Å². The third kappa shape index (κ3) is 6.05. The molecule has 4 rings (SSSR count). The summed E-state index contributed by atoms with van der Waals surface area (Å²) >= 11 is 0. The van der Waals surface area contributed by atoms with E-state index in [0.717, 1.165) is 44.8 Å². The normalized spacial score (nSPS) is 20.5. The van der Waals surface area contributed by atoms with Crippen LogP contribution in [0.5, 0.6) is 11.6 Å². The molecule has 1 atom stereocenters. The van der Waals surface area contributed by atoms with E-state index in [-0.39, 0.29) is 52.0 Å². The minimum atomic E-state index is -3.88. The number of aromatic nitrogens is 1. The molecule has 1 aliphatic carbocycles. The van der Waals surface area contributed by atoms with Crippen LogP contribution in [0.15, 0.2) is 23.0 Å². The van der Waals surface area contributed by atoms with Crippen LogP contribution in [0, 0.1) is 5.41 Å². The first-order valence-corrected chi connectivity index (χ1v) is 16.6. The molecular formula is C26H39N4O6PS. The van der Waals surface area contributed by atoms with Crippen molar-refractivity contribution in [2.24, 2.45) is 10.2 Å². The Bertz CT molecular complexity index is 1390. The van der Waals surface area contributed by atoms with Crippen LogP contribution < -0.4 is 15.3 Å². The van der Waals surface area contributed by atoms with Gasteiger partial charge in [0.25, 0.3) is 0 Å². The highest BCUT2D eigenvalue weighted by Gasteiger charge is 2.38. The Hall–Kier alpha value is -2.49. The van der Waals surface area contributed by atoms with Crippen LogP contribution in [-0.2, 0) is 25.7 Å². The summed E-state index contributed by atoms with van der Waals surface area (Å²) in [7, 11) is -7.43. The summed E-state index contributed by atoms with van der Waals surface area (Å²) < 4.78 is 51.7. The van der Waals surface area contributed by atoms with E-state index < -0.39 is 17.5 Å². The third-order valence-electron chi connectivity index (χ3n) is 6.96. The van der Waals surface area contributed by atoms with E-state index in [1.54, 1.807) is 17.6 Å². The number of aromatic hydroxyl groups is 2. The molecule has 2 aliphatic rings. The number of rotatable bonds is 8. The Morgan fingerprint density at radius 2 is 1.89 bits per heavy atom. The van der Waals surface area contributed by atoms with E-state index >= 15 is 0 Å². The molecule has 12 heteroatoms. The minimum absolute atomic E-state index is 0.0122. The van der Waals surface area contributed by atoms with Gasteiger partial charge in [-0.15, -0.1) is 0 Å². The number of nitrogens with one attached hydrogen (secondary N) is 2. The fourth-order valence-electron chi connectivity index (χ4n) is 5.16. The molecule has 10 nitrogen and oxygen atoms in total. The van der Waals surface area contributed by atoms with E-state index in [9.17, 15) is 23.2 Å². The second-order valence-electron chi connectivity index (χ2n) is 11.3. The summed E-state index contributed by atoms with van der Waals surface area (Å²) in [5.74, 6) is -0.0281. The van der Waals surface area contributed by atoms with E-state index in [1.165, 1.54) is 12.1 Å². The second-order valence-corrected chi connectivity index (χ2v) is 15.1. The minimum Gasteiger partial charge on any atom is -0.505 e. The van der Waals surface area contributed by atoms with Crippen LogP contribution in [0.25, 0.3) is 0 Å². The second kappa shape index (κ2) is 10.6. The number of hydrogen-bond acceptors (Lipinski definition) is 7. The topological polar surface area (TPSA) is 142 Å². The SMILES string of the molecule is CCOP1(=O)N=C(c2c(O)c(C3CCCCC3)n(CCC(C)(C)C)c2O)Nc2ccc(NS(C)(=O)=O)cc21. The lowest BCUT2D eigenvalue weighted by atomic mass is 9.86. The van der Waals surface area contributed by atoms with Crippen molar-refractivity contribution >= 4 is 40.1 Å². The van der Waals surface area contributed by atoms with Gasteiger partial charge in [-0.2, -0.15) is 4.76 Å². The first-order valence-electron chi connectivity index (χ1n) is 13.1. The predicted molar refractivity (Wildman–Crippen MR) is 152 cm³/mol. The van der Waals surface area contributed by atoms with Gasteiger partial charge in [-0.3, -0.25) is 9.29 Å². The number of nitrogens with zero attached hydrogens (tertiary/aromatic N) is 2. The third-order valence-corrected chi connectivity index (χ3v) is 9.61. The van der Waals surface area contributed by atoms with Gasteiger partial charge in [0.05, 0.1) is 29.5 Å². The number of anilines is 2. The van der Waals surface area contributed by atoms with Gasteiger partial charge in [-0.05, 0) is 49.8 Å². The van der Waals surface area contributed by atoms with E-state index in [2.05, 4.69) is 35.6 Å². The smallest absolute Gasteiger partial charge is 0.348 e. The molecule has 1 aliphatic heterocycles. The summed E-state index contributed by atoms with van der Waals surface area (Å²) in [6.45, 7) is 8.68. The molecule has 2 aromatic rings. The van der Waals surface area contributed by atoms with Gasteiger partial charge in [0, 0.05) is 18.2 Å². The van der Waals surface area contributed by atoms with Crippen LogP contribution >= 0.6 is 7.52 Å². The van der Waals surface area contributed by atoms with Crippen LogP contribution in [0.4, 0.5) is 11.4 Å². The lowest BCUT2D eigenvalue weighted by molar-refractivity contribution is 0.318. The van der Waals surface area contributed by atoms with Gasteiger partial charge in [0.15, 0.2) is 11.6 Å². The zero-order valence-electron chi connectivity index (χ0n) is 22.7. The lowest BCUT2D eigenvalue weighted by Crippen LogP contribution is -2.26. The Labute approximate surface area is 225 Å². The van der Waals surface area contributed by atoms with Crippen molar-refractivity contribution < 1.29 is 27.7 Å². The lowest BCUT2D eigenvalue weighted by Gasteiger charge is -2.25. The van der Waals surface area contributed by atoms with Crippen LogP contribution in [0.3, 0.4) is 0 Å². The molecule has 1 saturated carbocycles. The summed E-state index contributed by atoms with van der Waals surface area (Å²) in [5.41, 5.74) is 1.42. The molecule has 0 amide bonds. The fraction of sp³-hybridized carbons (Fsp3) is 0.577. The van der Waals surface area contributed by atoms with Gasteiger partial charge in [-0.25, -0.2) is 8.42 Å². The van der Waals surface area contributed by atoms with Gasteiger partial charge in [0.1, 0.15) is 5.56 Å². The average molecular weight is 567 g/mol. The molecule has 1 aromatic heterocycles. The summed E-state index contributed by atoms with van der Waals surface area (Å²) in [6, 6.07) is 4.55. The standard InChI is InChI=1S/C26H39N4O6PS/c1-6-36-37(33)20-16-18(29-38(5,34)35)12-13-19(20)27-24(28-37)21-23(31)22(17-10-8-7-9-11-17)30(25(21)32)15-14-26(2,3)4/h12-13,16-17,29,31-32H,6-11,14-15H2,1-5H3,(H,27,28,33). The van der Waals surface area contributed by atoms with Gasteiger partial charge in [-0.1, -0.05) is 40.0 Å². The summed E-state index contributed by atoms with van der Waals surface area (Å²) in [4.78, 5) is 0. The molecule has 1 fully saturated rings. The fourth-order valence-corrected chi connectivity index (χ4v) is 7.52. The van der Waals surface area contributed by atoms with Gasteiger partial charge < -0.3 is 24.6 Å². The van der Waals surface area contributed by atoms with E-state index in [4.69, 9.17) is 4.52 Å². The monoisotopic (exact) mass is 566 g/mol. The van der Waals surface area contributed by atoms with E-state index in [1.807, 2.05) is 0 Å². The summed E-state index contributed by atoms with van der Waals surface area (Å²) in [6.07, 6.45) is 6.91. The molecular weight excluding hydrogens is 527 g/mol. The number of amidine groups is 1. The number of benzene rings is 1. The van der Waals surface area contributed by atoms with E-state index in [0.29, 0.717) is 17.9 Å². The molecule has 0 saturated heterocycles. The molecule has 38 heavy (non-hydrogen) atoms. The molecule has 1 aromatic carbocycles. The molecule has 2 heterocycles. The number of fused-ring (bicyclic) bond motifs is 1. The van der Waals surface area contributed by atoms with Crippen molar-refractivity contribution in [3.63, 3.8) is 0 Å². The largest absolute Gasteiger partial charge is 0.505 e. The predicted octanol–water partition coefficient (Wildman–Crippen LogP) is 5.48. The number of hydrogen-bond donors (Lipinski definition) is 4. The number of sulfonamides is 1. The Balaban J connectivity index is 1.83. The zero-order chi connectivity index (χ0) is 27.9. The molecule has 210 valence electrons. The van der Waals surface area contributed by atoms with Gasteiger partial charge >= 0.3 is 7.52 Å². The van der Waals surface area contributed by atoms with Crippen LogP contribution in [0.1, 0.15) is 83.4 Å². The molecule has 1 unspecified atom stereocenters. The highest BCUT2D eigenvalue weighted by molar-refractivity contribution is 7.92. The Morgan fingerprint density at radius 3 is 2.50 bits per heavy atom. The maximum absolute atomic E-state index is 14.0. The maximum Gasteiger partial charge on any atom is 0.348 e. The van der Waals surface area contributed by atoms with Gasteiger partial charge in [0.2, 0.25) is 15.9 Å². The Morgan fingerprint density at radius 1 is 1.21 bits per heavy atom. The molecule has 0 bridgehead atoms. The summed E-state index contributed by atoms with van der Waals surface area (Å²) in [5, 5.41) is 26.3. The molecule has 0 spiro atoms. The van der Waals surface area contributed by atoms with Crippen molar-refractivity contribution in [3.8, 4) is 11.6 Å². The van der Waals surface area contributed by atoms with Crippen molar-refractivity contribution in [2.75, 3.05) is 22.9 Å². The van der Waals surface area contributed by atoms with Crippen LogP contribution in [0.2, 0.25) is 0 Å². The average Bonchev–Trinajstić information content (AvgIpc) is 3.06. The zero-order valence-corrected chi connectivity index (χ0v) is 24.5. The van der Waals surface area contributed by atoms with Crippen LogP contribution in [-0.4, -0.2) is 41.9 Å². The molecule has 0 radical (unpaired) electrons. The van der Waals surface area contributed by atoms with Crippen molar-refractivity contribution in [3.05, 3.63) is 29.5 Å². The maximum atomic E-state index is 14.0. The first kappa shape index (κ1) is 28.5. The highest BCUT2D eigenvalue weighted by atomic mass is 32.2. The molecule has 4 N–H and O–H groups in total. The first-order chi connectivity index (χ1) is 17.7.